The highest BCUT2D eigenvalue weighted by atomic mass is 19.4. The predicted molar refractivity (Wildman–Crippen MR) is 107 cm³/mol. The average Bonchev–Trinajstić information content (AvgIpc) is 2.66. The maximum absolute atomic E-state index is 10.5. The van der Waals surface area contributed by atoms with E-state index in [4.69, 9.17) is 19.8 Å². The summed E-state index contributed by atoms with van der Waals surface area (Å²) in [4.78, 5) is 17.6. The number of alkyl halides is 6. The van der Waals surface area contributed by atoms with E-state index in [-0.39, 0.29) is 6.15 Å². The standard InChI is InChI=1S/C16H36N.2C2HF3O2.H3N/c1-5-9-13-17(14-10-6-2,15-11-7-3)16-12-8-4;2*3-2(4,5)1(6)7;/h5-16H2,1-4H3;2*(H,6,7);1H3/q+1;;;/p-1. The number of carboxylic acids is 2. The van der Waals surface area contributed by atoms with Crippen LogP contribution >= 0.6 is 0 Å². The van der Waals surface area contributed by atoms with Crippen LogP contribution in [-0.4, -0.2) is 55.0 Å². The van der Waals surface area contributed by atoms with Crippen LogP contribution in [0.3, 0.4) is 0 Å². The third kappa shape index (κ3) is 23.1. The second kappa shape index (κ2) is 20.1. The van der Waals surface area contributed by atoms with Crippen LogP contribution in [0.25, 0.3) is 0 Å². The summed E-state index contributed by atoms with van der Waals surface area (Å²) in [5.41, 5.74) is 0. The molecule has 0 saturated heterocycles. The van der Waals surface area contributed by atoms with E-state index in [0.717, 1.165) is 0 Å². The molecule has 0 aromatic heterocycles. The van der Waals surface area contributed by atoms with Crippen molar-refractivity contribution in [2.45, 2.75) is 91.4 Å². The second-order valence-corrected chi connectivity index (χ2v) is 7.22. The van der Waals surface area contributed by atoms with E-state index >= 15 is 0 Å². The molecule has 0 fully saturated rings. The molecule has 0 aliphatic rings. The van der Waals surface area contributed by atoms with Crippen LogP contribution in [0.15, 0.2) is 0 Å². The largest absolute Gasteiger partial charge is 0.542 e. The summed E-state index contributed by atoms with van der Waals surface area (Å²) in [6.07, 6.45) is 0.673. The third-order valence-corrected chi connectivity index (χ3v) is 4.41. The van der Waals surface area contributed by atoms with E-state index < -0.39 is 24.3 Å². The smallest absolute Gasteiger partial charge is 0.430 e. The van der Waals surface area contributed by atoms with Crippen LogP contribution in [0.2, 0.25) is 0 Å². The van der Waals surface area contributed by atoms with Gasteiger partial charge in [0.2, 0.25) is 0 Å². The zero-order valence-corrected chi connectivity index (χ0v) is 19.8. The lowest BCUT2D eigenvalue weighted by Gasteiger charge is -2.39. The Bertz CT molecular complexity index is 410. The van der Waals surface area contributed by atoms with E-state index in [0.29, 0.717) is 0 Å². The maximum atomic E-state index is 10.5. The summed E-state index contributed by atoms with van der Waals surface area (Å²) in [6, 6.07) is 0. The van der Waals surface area contributed by atoms with Crippen LogP contribution in [0.1, 0.15) is 79.1 Å². The molecule has 0 rings (SSSR count). The Morgan fingerprint density at radius 1 is 0.594 bits per heavy atom. The number of quaternary nitrogens is 2. The zero-order chi connectivity index (χ0) is 25.1. The van der Waals surface area contributed by atoms with Crippen molar-refractivity contribution in [2.75, 3.05) is 26.2 Å². The van der Waals surface area contributed by atoms with Gasteiger partial charge in [-0.25, -0.2) is 0 Å². The Balaban J connectivity index is -0.000000217. The van der Waals surface area contributed by atoms with Crippen molar-refractivity contribution in [3.63, 3.8) is 0 Å². The third-order valence-electron chi connectivity index (χ3n) is 4.41. The van der Waals surface area contributed by atoms with Gasteiger partial charge in [0, 0.05) is 0 Å². The Hall–Kier alpha value is -1.56. The molecule has 0 spiro atoms. The molecule has 0 radical (unpaired) electrons. The number of unbranched alkanes of at least 4 members (excludes halogenated alkanes) is 4. The topological polar surface area (TPSA) is 117 Å². The van der Waals surface area contributed by atoms with Crippen LogP contribution < -0.4 is 16.4 Å². The number of hydrogen-bond donors (Lipinski definition) is 1. The van der Waals surface area contributed by atoms with Crippen molar-refractivity contribution in [1.29, 1.82) is 0 Å². The van der Waals surface area contributed by atoms with Gasteiger partial charge in [0.05, 0.1) is 26.2 Å². The predicted octanol–water partition coefficient (Wildman–Crippen LogP) is 3.98. The number of carboxylic acid groups (broad SMARTS) is 2. The van der Waals surface area contributed by atoms with Gasteiger partial charge in [0.25, 0.3) is 0 Å². The molecule has 0 saturated carbocycles. The minimum Gasteiger partial charge on any atom is -0.542 e. The van der Waals surface area contributed by atoms with E-state index in [1.165, 1.54) is 82.0 Å². The van der Waals surface area contributed by atoms with Crippen molar-refractivity contribution in [3.05, 3.63) is 0 Å². The molecule has 0 unspecified atom stereocenters. The highest BCUT2D eigenvalue weighted by molar-refractivity contribution is 5.71. The molecule has 4 N–H and O–H groups in total. The summed E-state index contributed by atoms with van der Waals surface area (Å²) in [6.45, 7) is 15.0. The number of carbonyl (C=O) groups excluding carboxylic acids is 2. The molecule has 0 amide bonds. The Morgan fingerprint density at radius 2 is 0.750 bits per heavy atom. The molecule has 0 bridgehead atoms. The van der Waals surface area contributed by atoms with Crippen LogP contribution in [0.5, 0.6) is 0 Å². The Morgan fingerprint density at radius 3 is 0.844 bits per heavy atom. The zero-order valence-electron chi connectivity index (χ0n) is 19.8. The highest BCUT2D eigenvalue weighted by Crippen LogP contribution is 2.16. The van der Waals surface area contributed by atoms with Crippen molar-refractivity contribution in [2.24, 2.45) is 0 Å². The molecular formula is C20H40F6N2O4. The summed E-state index contributed by atoms with van der Waals surface area (Å²) in [7, 11) is 0. The summed E-state index contributed by atoms with van der Waals surface area (Å²) < 4.78 is 64.5. The molecule has 32 heavy (non-hydrogen) atoms. The van der Waals surface area contributed by atoms with Gasteiger partial charge in [-0.3, -0.25) is 0 Å². The van der Waals surface area contributed by atoms with Gasteiger partial charge in [-0.05, 0) is 25.7 Å². The van der Waals surface area contributed by atoms with Gasteiger partial charge in [-0.2, -0.15) is 26.3 Å². The van der Waals surface area contributed by atoms with E-state index in [9.17, 15) is 26.3 Å². The normalized spacial score (nSPS) is 11.3. The lowest BCUT2D eigenvalue weighted by Crippen LogP contribution is -2.50. The van der Waals surface area contributed by atoms with Crippen LogP contribution in [-0.2, 0) is 9.59 Å². The second-order valence-electron chi connectivity index (χ2n) is 7.22. The molecule has 0 aliphatic carbocycles. The molecular weight excluding hydrogens is 446 g/mol. The molecule has 0 atom stereocenters. The number of aliphatic carboxylic acids is 2. The average molecular weight is 487 g/mol. The summed E-state index contributed by atoms with van der Waals surface area (Å²) >= 11 is 0. The maximum Gasteiger partial charge on any atom is 0.430 e. The van der Waals surface area contributed by atoms with Gasteiger partial charge in [-0.15, -0.1) is 0 Å². The van der Waals surface area contributed by atoms with Crippen molar-refractivity contribution in [3.8, 4) is 0 Å². The fraction of sp³-hybridized carbons (Fsp3) is 0.900. The number of halogens is 6. The van der Waals surface area contributed by atoms with Gasteiger partial charge >= 0.3 is 12.4 Å². The minimum atomic E-state index is -5.19. The van der Waals surface area contributed by atoms with Crippen LogP contribution in [0, 0.1) is 0 Å². The Kier molecular flexibility index (Phi) is 23.7. The molecule has 0 aliphatic heterocycles. The molecule has 0 aromatic carbocycles. The SMILES string of the molecule is CCCC[N+](CCCC)(CCCC)CCCC.O=C([O-])C(F)(F)F.O=C([O-])C(F)(F)F.[NH4+]. The molecule has 196 valence electrons. The first-order valence-corrected chi connectivity index (χ1v) is 10.5. The van der Waals surface area contributed by atoms with Crippen molar-refractivity contribution in [1.82, 2.24) is 6.15 Å². The van der Waals surface area contributed by atoms with Crippen molar-refractivity contribution < 1.29 is 50.6 Å². The van der Waals surface area contributed by atoms with Gasteiger partial charge in [0.15, 0.2) is 0 Å². The highest BCUT2D eigenvalue weighted by Gasteiger charge is 2.29. The van der Waals surface area contributed by atoms with Gasteiger partial charge in [0.1, 0.15) is 11.9 Å². The van der Waals surface area contributed by atoms with E-state index in [1.807, 2.05) is 0 Å². The number of nitrogens with zero attached hydrogens (tertiary/aromatic N) is 1. The summed E-state index contributed by atoms with van der Waals surface area (Å²) in [5, 5.41) is 17.6. The fourth-order valence-corrected chi connectivity index (χ4v) is 2.64. The van der Waals surface area contributed by atoms with Gasteiger partial charge in [-0.1, -0.05) is 53.4 Å². The first-order chi connectivity index (χ1) is 14.1. The number of carbonyl (C=O) groups is 2. The lowest BCUT2D eigenvalue weighted by molar-refractivity contribution is -0.929. The van der Waals surface area contributed by atoms with E-state index in [2.05, 4.69) is 27.7 Å². The molecule has 6 nitrogen and oxygen atoms in total. The van der Waals surface area contributed by atoms with E-state index in [1.54, 1.807) is 0 Å². The number of rotatable bonds is 12. The lowest BCUT2D eigenvalue weighted by atomic mass is 10.1. The fourth-order valence-electron chi connectivity index (χ4n) is 2.64. The van der Waals surface area contributed by atoms with Gasteiger partial charge < -0.3 is 30.4 Å². The first kappa shape index (κ1) is 37.7. The summed E-state index contributed by atoms with van der Waals surface area (Å²) in [5.74, 6) is -6.01. The monoisotopic (exact) mass is 486 g/mol. The Labute approximate surface area is 187 Å². The molecule has 0 heterocycles. The molecule has 12 heteroatoms. The van der Waals surface area contributed by atoms with Crippen LogP contribution in [0.4, 0.5) is 26.3 Å². The number of hydrogen-bond acceptors (Lipinski definition) is 4. The minimum absolute atomic E-state index is 0. The first-order valence-electron chi connectivity index (χ1n) is 10.5. The quantitative estimate of drug-likeness (QED) is 0.332. The van der Waals surface area contributed by atoms with Crippen molar-refractivity contribution >= 4 is 11.9 Å². The molecule has 0 aromatic rings.